The number of carbonyl (C=O) groups is 1. The molecule has 0 aliphatic heterocycles. The fourth-order valence-electron chi connectivity index (χ4n) is 4.82. The first kappa shape index (κ1) is 21.5. The molecule has 1 N–H and O–H groups in total. The maximum absolute atomic E-state index is 14.5. The highest BCUT2D eigenvalue weighted by molar-refractivity contribution is 7.91. The minimum Gasteiger partial charge on any atom is -0.481 e. The average Bonchev–Trinajstić information content (AvgIpc) is 3.03. The second-order valence-electron chi connectivity index (χ2n) is 8.07. The van der Waals surface area contributed by atoms with Crippen LogP contribution >= 0.6 is 0 Å². The van der Waals surface area contributed by atoms with Crippen molar-refractivity contribution in [1.82, 2.24) is 4.57 Å². The number of rotatable bonds is 6. The first-order valence-electron chi connectivity index (χ1n) is 10.1. The normalized spacial score (nSPS) is 17.5. The first-order chi connectivity index (χ1) is 14.7. The molecule has 1 aliphatic rings. The summed E-state index contributed by atoms with van der Waals surface area (Å²) in [5.41, 5.74) is 2.20. The van der Waals surface area contributed by atoms with Gasteiger partial charge in [-0.2, -0.15) is 0 Å². The van der Waals surface area contributed by atoms with Crippen LogP contribution < -0.4 is 0 Å². The Bertz CT molecular complexity index is 1250. The molecule has 5 nitrogen and oxygen atoms in total. The Morgan fingerprint density at radius 2 is 1.97 bits per heavy atom. The molecule has 4 rings (SSSR count). The zero-order chi connectivity index (χ0) is 22.3. The summed E-state index contributed by atoms with van der Waals surface area (Å²) in [6, 6.07) is 10.2. The Labute approximate surface area is 179 Å². The van der Waals surface area contributed by atoms with E-state index in [0.29, 0.717) is 41.5 Å². The molecule has 0 radical (unpaired) electrons. The lowest BCUT2D eigenvalue weighted by Gasteiger charge is -2.28. The number of benzene rings is 2. The highest BCUT2D eigenvalue weighted by atomic mass is 32.2. The van der Waals surface area contributed by atoms with Crippen LogP contribution in [0.4, 0.5) is 8.78 Å². The molecule has 0 fully saturated rings. The van der Waals surface area contributed by atoms with Crippen LogP contribution in [-0.2, 0) is 21.1 Å². The van der Waals surface area contributed by atoms with Gasteiger partial charge in [-0.15, -0.1) is 0 Å². The van der Waals surface area contributed by atoms with Gasteiger partial charge in [0.1, 0.15) is 12.5 Å². The lowest BCUT2D eigenvalue weighted by molar-refractivity contribution is -0.137. The van der Waals surface area contributed by atoms with Gasteiger partial charge in [-0.25, -0.2) is 17.2 Å². The van der Waals surface area contributed by atoms with Crippen molar-refractivity contribution in [1.29, 1.82) is 0 Å². The highest BCUT2D eigenvalue weighted by Gasteiger charge is 2.34. The van der Waals surface area contributed by atoms with Crippen molar-refractivity contribution in [2.75, 3.05) is 12.9 Å². The van der Waals surface area contributed by atoms with E-state index in [1.165, 1.54) is 6.07 Å². The predicted molar refractivity (Wildman–Crippen MR) is 113 cm³/mol. The average molecular weight is 448 g/mol. The summed E-state index contributed by atoms with van der Waals surface area (Å²) in [4.78, 5) is 11.3. The van der Waals surface area contributed by atoms with Gasteiger partial charge in [0, 0.05) is 23.3 Å². The molecule has 31 heavy (non-hydrogen) atoms. The van der Waals surface area contributed by atoms with Crippen LogP contribution in [0.5, 0.6) is 0 Å². The summed E-state index contributed by atoms with van der Waals surface area (Å²) in [6.45, 7) is -0.819. The minimum absolute atomic E-state index is 0.159. The summed E-state index contributed by atoms with van der Waals surface area (Å²) in [5.74, 6) is -2.09. The lowest BCUT2D eigenvalue weighted by Crippen LogP contribution is -2.22. The minimum atomic E-state index is -3.84. The van der Waals surface area contributed by atoms with Crippen molar-refractivity contribution in [2.45, 2.75) is 42.5 Å². The molecule has 2 aromatic carbocycles. The Balaban J connectivity index is 2.15. The number of carboxylic acid groups (broad SMARTS) is 1. The van der Waals surface area contributed by atoms with Gasteiger partial charge in [0.05, 0.1) is 22.9 Å². The van der Waals surface area contributed by atoms with E-state index in [2.05, 4.69) is 0 Å². The number of hydrogen-bond donors (Lipinski definition) is 1. The van der Waals surface area contributed by atoms with E-state index in [0.717, 1.165) is 12.3 Å². The fourth-order valence-corrected chi connectivity index (χ4v) is 5.71. The zero-order valence-electron chi connectivity index (χ0n) is 17.0. The number of aryl methyl sites for hydroxylation is 1. The lowest BCUT2D eigenvalue weighted by atomic mass is 9.84. The van der Waals surface area contributed by atoms with Crippen molar-refractivity contribution >= 4 is 26.7 Å². The van der Waals surface area contributed by atoms with Crippen LogP contribution in [0, 0.1) is 5.82 Å². The Kier molecular flexibility index (Phi) is 5.60. The van der Waals surface area contributed by atoms with Crippen LogP contribution in [0.25, 0.3) is 10.9 Å². The van der Waals surface area contributed by atoms with Crippen molar-refractivity contribution in [3.63, 3.8) is 0 Å². The van der Waals surface area contributed by atoms with Gasteiger partial charge in [0.15, 0.2) is 9.84 Å². The van der Waals surface area contributed by atoms with Gasteiger partial charge >= 0.3 is 5.97 Å². The van der Waals surface area contributed by atoms with Crippen LogP contribution in [-0.4, -0.2) is 37.0 Å². The van der Waals surface area contributed by atoms with Gasteiger partial charge in [0.2, 0.25) is 0 Å². The molecule has 1 heterocycles. The van der Waals surface area contributed by atoms with Gasteiger partial charge < -0.3 is 9.67 Å². The summed E-state index contributed by atoms with van der Waals surface area (Å²) < 4.78 is 55.9. The number of alkyl halides is 1. The number of fused-ring (bicyclic) bond motifs is 3. The van der Waals surface area contributed by atoms with Gasteiger partial charge in [-0.1, -0.05) is 30.3 Å². The van der Waals surface area contributed by atoms with E-state index in [1.807, 2.05) is 0 Å². The molecule has 2 atom stereocenters. The largest absolute Gasteiger partial charge is 0.481 e. The summed E-state index contributed by atoms with van der Waals surface area (Å²) in [6.07, 6.45) is 2.67. The van der Waals surface area contributed by atoms with Crippen LogP contribution in [0.3, 0.4) is 0 Å². The van der Waals surface area contributed by atoms with Crippen molar-refractivity contribution in [3.8, 4) is 0 Å². The zero-order valence-corrected chi connectivity index (χ0v) is 17.8. The van der Waals surface area contributed by atoms with Gasteiger partial charge in [0.25, 0.3) is 0 Å². The molecule has 1 aliphatic carbocycles. The molecule has 0 unspecified atom stereocenters. The number of sulfone groups is 1. The molecule has 0 bridgehead atoms. The quantitative estimate of drug-likeness (QED) is 0.597. The predicted octanol–water partition coefficient (Wildman–Crippen LogP) is 4.64. The monoisotopic (exact) mass is 447 g/mol. The molecular weight excluding hydrogens is 424 g/mol. The van der Waals surface area contributed by atoms with E-state index in [4.69, 9.17) is 0 Å². The number of aromatic nitrogens is 1. The van der Waals surface area contributed by atoms with E-state index in [1.54, 1.807) is 34.9 Å². The SMILES string of the molecule is CS(=O)(=O)c1cc(F)cc2c3c(n([C@@H](CF)c4ccccc4)c12)[C@@H](CC(=O)O)CCC3. The standard InChI is InChI=1S/C23H23F2NO4S/c1-31(29,30)20-12-16(25)11-18-17-9-5-8-15(10-21(27)28)22(17)26(23(18)20)19(13-24)14-6-3-2-4-7-14/h2-4,6-7,11-12,15,19H,5,8-10,13H2,1H3,(H,27,28)/t15-,19+/m1/s1. The molecule has 3 aromatic rings. The van der Waals surface area contributed by atoms with Crippen molar-refractivity contribution < 1.29 is 27.1 Å². The highest BCUT2D eigenvalue weighted by Crippen LogP contribution is 2.45. The third-order valence-corrected chi connectivity index (χ3v) is 7.11. The first-order valence-corrected chi connectivity index (χ1v) is 12.0. The van der Waals surface area contributed by atoms with Crippen LogP contribution in [0.1, 0.15) is 48.0 Å². The maximum atomic E-state index is 14.5. The van der Waals surface area contributed by atoms with Gasteiger partial charge in [-0.05, 0) is 42.5 Å². The molecule has 0 spiro atoms. The van der Waals surface area contributed by atoms with Crippen molar-refractivity contribution in [3.05, 3.63) is 65.1 Å². The van der Waals surface area contributed by atoms with E-state index < -0.39 is 40.3 Å². The van der Waals surface area contributed by atoms with Crippen LogP contribution in [0.2, 0.25) is 0 Å². The summed E-state index contributed by atoms with van der Waals surface area (Å²) in [7, 11) is -3.84. The number of hydrogen-bond acceptors (Lipinski definition) is 3. The molecule has 0 saturated carbocycles. The summed E-state index contributed by atoms with van der Waals surface area (Å²) in [5, 5.41) is 9.88. The second kappa shape index (κ2) is 8.07. The molecule has 164 valence electrons. The smallest absolute Gasteiger partial charge is 0.304 e. The van der Waals surface area contributed by atoms with E-state index in [-0.39, 0.29) is 16.8 Å². The summed E-state index contributed by atoms with van der Waals surface area (Å²) >= 11 is 0. The number of nitrogens with zero attached hydrogens (tertiary/aromatic N) is 1. The Morgan fingerprint density at radius 1 is 1.26 bits per heavy atom. The molecular formula is C23H23F2NO4S. The van der Waals surface area contributed by atoms with Gasteiger partial charge in [-0.3, -0.25) is 4.79 Å². The maximum Gasteiger partial charge on any atom is 0.304 e. The third kappa shape index (κ3) is 3.84. The molecule has 0 amide bonds. The topological polar surface area (TPSA) is 76.4 Å². The van der Waals surface area contributed by atoms with Crippen molar-refractivity contribution in [2.24, 2.45) is 0 Å². The Hall–Kier alpha value is -2.74. The number of carboxylic acids is 1. The van der Waals surface area contributed by atoms with E-state index in [9.17, 15) is 27.1 Å². The fraction of sp³-hybridized carbons (Fsp3) is 0.348. The third-order valence-electron chi connectivity index (χ3n) is 6.00. The number of halogens is 2. The molecule has 1 aromatic heterocycles. The van der Waals surface area contributed by atoms with E-state index >= 15 is 0 Å². The molecule has 8 heteroatoms. The second-order valence-corrected chi connectivity index (χ2v) is 10.1. The Morgan fingerprint density at radius 3 is 2.58 bits per heavy atom. The van der Waals surface area contributed by atoms with Crippen LogP contribution in [0.15, 0.2) is 47.4 Å². The number of aliphatic carboxylic acids is 1. The molecule has 0 saturated heterocycles.